The molecule has 0 bridgehead atoms. The number of aromatic nitrogens is 2. The van der Waals surface area contributed by atoms with E-state index in [1.807, 2.05) is 19.0 Å². The highest BCUT2D eigenvalue weighted by atomic mass is 32.2. The molecule has 0 atom stereocenters. The third-order valence-electron chi connectivity index (χ3n) is 2.99. The molecule has 0 aliphatic rings. The Kier molecular flexibility index (Phi) is 5.45. The molecule has 0 saturated carbocycles. The number of hydrogen-bond acceptors (Lipinski definition) is 6. The highest BCUT2D eigenvalue weighted by Gasteiger charge is 2.13. The fourth-order valence-electron chi connectivity index (χ4n) is 1.78. The van der Waals surface area contributed by atoms with Crippen molar-refractivity contribution in [2.45, 2.75) is 4.90 Å². The summed E-state index contributed by atoms with van der Waals surface area (Å²) in [5.74, 6) is -0.0528. The second-order valence-corrected chi connectivity index (χ2v) is 6.74. The lowest BCUT2D eigenvalue weighted by molar-refractivity contribution is 0.579. The third kappa shape index (κ3) is 4.86. The van der Waals surface area contributed by atoms with E-state index in [0.29, 0.717) is 12.4 Å². The van der Waals surface area contributed by atoms with E-state index in [9.17, 15) is 12.8 Å². The summed E-state index contributed by atoms with van der Waals surface area (Å²) in [6.45, 7) is 0.451. The lowest BCUT2D eigenvalue weighted by Crippen LogP contribution is -2.29. The van der Waals surface area contributed by atoms with E-state index >= 15 is 0 Å². The predicted octanol–water partition coefficient (Wildman–Crippen LogP) is 1.07. The first-order valence-electron chi connectivity index (χ1n) is 6.87. The van der Waals surface area contributed by atoms with Crippen LogP contribution in [0, 0.1) is 5.82 Å². The molecule has 0 aliphatic carbocycles. The monoisotopic (exact) mass is 339 g/mol. The summed E-state index contributed by atoms with van der Waals surface area (Å²) < 4.78 is 39.5. The second-order valence-electron chi connectivity index (χ2n) is 4.98. The van der Waals surface area contributed by atoms with Crippen LogP contribution < -0.4 is 14.9 Å². The van der Waals surface area contributed by atoms with Crippen molar-refractivity contribution < 1.29 is 12.8 Å². The van der Waals surface area contributed by atoms with Gasteiger partial charge in [-0.1, -0.05) is 6.07 Å². The first kappa shape index (κ1) is 17.1. The van der Waals surface area contributed by atoms with Gasteiger partial charge in [0.05, 0.1) is 16.8 Å². The molecule has 0 spiro atoms. The first-order valence-corrected chi connectivity index (χ1v) is 8.36. The SMILES string of the molecule is CN(C)c1cnnc(NCCNS(=O)(=O)c2cccc(F)c2)c1. The first-order chi connectivity index (χ1) is 10.9. The molecule has 0 unspecified atom stereocenters. The second kappa shape index (κ2) is 7.34. The normalized spacial score (nSPS) is 11.3. The van der Waals surface area contributed by atoms with Gasteiger partial charge in [0, 0.05) is 33.3 Å². The van der Waals surface area contributed by atoms with Crippen molar-refractivity contribution in [3.8, 4) is 0 Å². The Balaban J connectivity index is 1.89. The van der Waals surface area contributed by atoms with E-state index in [0.717, 1.165) is 11.8 Å². The topological polar surface area (TPSA) is 87.2 Å². The fourth-order valence-corrected chi connectivity index (χ4v) is 2.84. The van der Waals surface area contributed by atoms with Gasteiger partial charge in [-0.05, 0) is 18.2 Å². The maximum absolute atomic E-state index is 13.1. The van der Waals surface area contributed by atoms with Crippen LogP contribution in [-0.2, 0) is 10.0 Å². The Labute approximate surface area is 134 Å². The number of rotatable bonds is 7. The zero-order valence-corrected chi connectivity index (χ0v) is 13.6. The molecule has 9 heteroatoms. The smallest absolute Gasteiger partial charge is 0.240 e. The van der Waals surface area contributed by atoms with E-state index < -0.39 is 15.8 Å². The lowest BCUT2D eigenvalue weighted by atomic mass is 10.4. The van der Waals surface area contributed by atoms with E-state index in [-0.39, 0.29) is 11.4 Å². The molecule has 2 N–H and O–H groups in total. The van der Waals surface area contributed by atoms with Crippen LogP contribution in [0.4, 0.5) is 15.9 Å². The number of halogens is 1. The van der Waals surface area contributed by atoms with Gasteiger partial charge in [0.1, 0.15) is 5.82 Å². The lowest BCUT2D eigenvalue weighted by Gasteiger charge is -2.13. The Morgan fingerprint density at radius 1 is 1.22 bits per heavy atom. The minimum Gasteiger partial charge on any atom is -0.376 e. The van der Waals surface area contributed by atoms with Crippen molar-refractivity contribution in [1.29, 1.82) is 0 Å². The van der Waals surface area contributed by atoms with E-state index in [4.69, 9.17) is 0 Å². The van der Waals surface area contributed by atoms with Gasteiger partial charge < -0.3 is 10.2 Å². The van der Waals surface area contributed by atoms with Gasteiger partial charge in [0.25, 0.3) is 0 Å². The molecule has 1 heterocycles. The fraction of sp³-hybridized carbons (Fsp3) is 0.286. The van der Waals surface area contributed by atoms with Crippen LogP contribution in [0.1, 0.15) is 0 Å². The zero-order valence-electron chi connectivity index (χ0n) is 12.8. The van der Waals surface area contributed by atoms with Gasteiger partial charge in [-0.25, -0.2) is 17.5 Å². The molecule has 0 aliphatic heterocycles. The number of nitrogens with one attached hydrogen (secondary N) is 2. The number of sulfonamides is 1. The highest BCUT2D eigenvalue weighted by molar-refractivity contribution is 7.89. The summed E-state index contributed by atoms with van der Waals surface area (Å²) in [6, 6.07) is 6.65. The quantitative estimate of drug-likeness (QED) is 0.734. The molecule has 2 rings (SSSR count). The van der Waals surface area contributed by atoms with Crippen molar-refractivity contribution in [3.63, 3.8) is 0 Å². The molecule has 0 radical (unpaired) electrons. The standard InChI is InChI=1S/C14H18FN5O2S/c1-20(2)12-9-14(19-17-10-12)16-6-7-18-23(21,22)13-5-3-4-11(15)8-13/h3-5,8-10,18H,6-7H2,1-2H3,(H,16,19). The summed E-state index contributed by atoms with van der Waals surface area (Å²) >= 11 is 0. The maximum Gasteiger partial charge on any atom is 0.240 e. The van der Waals surface area contributed by atoms with Crippen LogP contribution in [0.3, 0.4) is 0 Å². The molecular formula is C14H18FN5O2S. The average Bonchev–Trinajstić information content (AvgIpc) is 2.52. The van der Waals surface area contributed by atoms with Gasteiger partial charge in [0.2, 0.25) is 10.0 Å². The molecule has 0 fully saturated rings. The van der Waals surface area contributed by atoms with Crippen LogP contribution >= 0.6 is 0 Å². The summed E-state index contributed by atoms with van der Waals surface area (Å²) in [7, 11) is 0.0326. The molecule has 2 aromatic rings. The largest absolute Gasteiger partial charge is 0.376 e. The van der Waals surface area contributed by atoms with Crippen LogP contribution in [0.5, 0.6) is 0 Å². The van der Waals surface area contributed by atoms with Gasteiger partial charge in [-0.15, -0.1) is 5.10 Å². The summed E-state index contributed by atoms with van der Waals surface area (Å²) in [6.07, 6.45) is 1.62. The molecule has 0 saturated heterocycles. The van der Waals surface area contributed by atoms with Crippen molar-refractivity contribution in [2.75, 3.05) is 37.4 Å². The number of hydrogen-bond donors (Lipinski definition) is 2. The number of nitrogens with zero attached hydrogens (tertiary/aromatic N) is 3. The molecule has 124 valence electrons. The van der Waals surface area contributed by atoms with Crippen molar-refractivity contribution in [2.24, 2.45) is 0 Å². The van der Waals surface area contributed by atoms with Gasteiger partial charge >= 0.3 is 0 Å². The van der Waals surface area contributed by atoms with Crippen molar-refractivity contribution >= 4 is 21.5 Å². The molecule has 23 heavy (non-hydrogen) atoms. The van der Waals surface area contributed by atoms with E-state index in [1.54, 1.807) is 12.3 Å². The predicted molar refractivity (Wildman–Crippen MR) is 86.4 cm³/mol. The Bertz CT molecular complexity index is 767. The summed E-state index contributed by atoms with van der Waals surface area (Å²) in [5.41, 5.74) is 0.878. The Morgan fingerprint density at radius 3 is 2.70 bits per heavy atom. The molecule has 7 nitrogen and oxygen atoms in total. The highest BCUT2D eigenvalue weighted by Crippen LogP contribution is 2.12. The summed E-state index contributed by atoms with van der Waals surface area (Å²) in [4.78, 5) is 1.78. The third-order valence-corrected chi connectivity index (χ3v) is 4.44. The van der Waals surface area contributed by atoms with Crippen LogP contribution in [-0.4, -0.2) is 45.8 Å². The van der Waals surface area contributed by atoms with E-state index in [1.165, 1.54) is 18.2 Å². The minimum atomic E-state index is -3.73. The van der Waals surface area contributed by atoms with Crippen molar-refractivity contribution in [1.82, 2.24) is 14.9 Å². The molecule has 0 amide bonds. The number of benzene rings is 1. The molecule has 1 aromatic heterocycles. The molecular weight excluding hydrogens is 321 g/mol. The Morgan fingerprint density at radius 2 is 2.00 bits per heavy atom. The van der Waals surface area contributed by atoms with E-state index in [2.05, 4.69) is 20.2 Å². The van der Waals surface area contributed by atoms with Gasteiger partial charge in [-0.3, -0.25) is 0 Å². The number of anilines is 2. The maximum atomic E-state index is 13.1. The average molecular weight is 339 g/mol. The van der Waals surface area contributed by atoms with Crippen LogP contribution in [0.2, 0.25) is 0 Å². The van der Waals surface area contributed by atoms with Crippen LogP contribution in [0.25, 0.3) is 0 Å². The minimum absolute atomic E-state index is 0.105. The van der Waals surface area contributed by atoms with Gasteiger partial charge in [-0.2, -0.15) is 5.10 Å². The summed E-state index contributed by atoms with van der Waals surface area (Å²) in [5, 5.41) is 10.7. The van der Waals surface area contributed by atoms with Crippen molar-refractivity contribution in [3.05, 3.63) is 42.3 Å². The Hall–Kier alpha value is -2.26. The van der Waals surface area contributed by atoms with Gasteiger partial charge in [0.15, 0.2) is 5.82 Å². The van der Waals surface area contributed by atoms with Crippen LogP contribution in [0.15, 0.2) is 41.4 Å². The zero-order chi connectivity index (χ0) is 16.9. The molecule has 1 aromatic carbocycles.